The van der Waals surface area contributed by atoms with E-state index in [9.17, 15) is 27.6 Å². The van der Waals surface area contributed by atoms with Crippen molar-refractivity contribution in [3.8, 4) is 5.75 Å². The summed E-state index contributed by atoms with van der Waals surface area (Å²) >= 11 is 0. The second-order valence-electron chi connectivity index (χ2n) is 6.44. The van der Waals surface area contributed by atoms with E-state index in [1.54, 1.807) is 0 Å². The second-order valence-corrected chi connectivity index (χ2v) is 6.44. The van der Waals surface area contributed by atoms with Crippen molar-refractivity contribution in [2.45, 2.75) is 32.2 Å². The SMILES string of the molecule is CC(C(=O)Nc1ccc(OC(F)(F)F)cc1)N1C(=O)C2CC=CCC2C1=O. The highest BCUT2D eigenvalue weighted by atomic mass is 19.4. The lowest BCUT2D eigenvalue weighted by Crippen LogP contribution is -2.46. The van der Waals surface area contributed by atoms with Crippen LogP contribution in [0.1, 0.15) is 19.8 Å². The van der Waals surface area contributed by atoms with Crippen LogP contribution in [0.3, 0.4) is 0 Å². The van der Waals surface area contributed by atoms with Gasteiger partial charge in [-0.05, 0) is 44.0 Å². The minimum Gasteiger partial charge on any atom is -0.406 e. The van der Waals surface area contributed by atoms with E-state index in [0.717, 1.165) is 17.0 Å². The van der Waals surface area contributed by atoms with E-state index in [4.69, 9.17) is 0 Å². The van der Waals surface area contributed by atoms with Gasteiger partial charge in [-0.1, -0.05) is 12.2 Å². The predicted octanol–water partition coefficient (Wildman–Crippen LogP) is 2.86. The normalized spacial score (nSPS) is 23.2. The van der Waals surface area contributed by atoms with Crippen molar-refractivity contribution >= 4 is 23.4 Å². The molecule has 0 radical (unpaired) electrons. The standard InChI is InChI=1S/C18H17F3N2O4/c1-10(23-16(25)13-4-2-3-5-14(13)17(23)26)15(24)22-11-6-8-12(9-7-11)27-18(19,20)21/h2-3,6-10,13-14H,4-5H2,1H3,(H,22,24). The largest absolute Gasteiger partial charge is 0.573 e. The van der Waals surface area contributed by atoms with Crippen molar-refractivity contribution in [2.24, 2.45) is 11.8 Å². The molecule has 27 heavy (non-hydrogen) atoms. The summed E-state index contributed by atoms with van der Waals surface area (Å²) < 4.78 is 40.2. The Hall–Kier alpha value is -2.84. The Labute approximate surface area is 153 Å². The van der Waals surface area contributed by atoms with Gasteiger partial charge in [-0.25, -0.2) is 0 Å². The number of alkyl halides is 3. The quantitative estimate of drug-likeness (QED) is 0.642. The number of carbonyl (C=O) groups excluding carboxylic acids is 3. The Kier molecular flexibility index (Phi) is 4.95. The molecule has 1 fully saturated rings. The zero-order chi connectivity index (χ0) is 19.8. The number of carbonyl (C=O) groups is 3. The van der Waals surface area contributed by atoms with Crippen molar-refractivity contribution in [3.63, 3.8) is 0 Å². The maximum atomic E-state index is 12.5. The molecule has 0 spiro atoms. The van der Waals surface area contributed by atoms with Crippen molar-refractivity contribution in [1.29, 1.82) is 0 Å². The van der Waals surface area contributed by atoms with Gasteiger partial charge in [-0.2, -0.15) is 0 Å². The van der Waals surface area contributed by atoms with E-state index in [2.05, 4.69) is 10.1 Å². The molecule has 144 valence electrons. The number of nitrogens with one attached hydrogen (secondary N) is 1. The number of benzene rings is 1. The van der Waals surface area contributed by atoms with Crippen LogP contribution in [0.4, 0.5) is 18.9 Å². The van der Waals surface area contributed by atoms with Crippen molar-refractivity contribution in [3.05, 3.63) is 36.4 Å². The van der Waals surface area contributed by atoms with Crippen LogP contribution in [-0.4, -0.2) is 35.0 Å². The molecular weight excluding hydrogens is 365 g/mol. The highest BCUT2D eigenvalue weighted by Crippen LogP contribution is 2.36. The molecule has 3 unspecified atom stereocenters. The summed E-state index contributed by atoms with van der Waals surface area (Å²) in [5, 5.41) is 2.49. The van der Waals surface area contributed by atoms with Crippen molar-refractivity contribution in [2.75, 3.05) is 5.32 Å². The lowest BCUT2D eigenvalue weighted by molar-refractivity contribution is -0.274. The van der Waals surface area contributed by atoms with Crippen LogP contribution < -0.4 is 10.1 Å². The molecule has 0 aromatic heterocycles. The monoisotopic (exact) mass is 382 g/mol. The van der Waals surface area contributed by atoms with Crippen LogP contribution in [0.25, 0.3) is 0 Å². The molecule has 3 atom stereocenters. The number of nitrogens with zero attached hydrogens (tertiary/aromatic N) is 1. The second kappa shape index (κ2) is 7.05. The number of hydrogen-bond donors (Lipinski definition) is 1. The summed E-state index contributed by atoms with van der Waals surface area (Å²) in [6.07, 6.45) is -0.154. The van der Waals surface area contributed by atoms with E-state index in [0.29, 0.717) is 12.8 Å². The fourth-order valence-electron chi connectivity index (χ4n) is 3.31. The number of halogens is 3. The number of imide groups is 1. The third-order valence-electron chi connectivity index (χ3n) is 4.66. The zero-order valence-corrected chi connectivity index (χ0v) is 14.3. The van der Waals surface area contributed by atoms with Crippen molar-refractivity contribution < 1.29 is 32.3 Å². The first kappa shape index (κ1) is 18.9. The van der Waals surface area contributed by atoms with Gasteiger partial charge in [0.25, 0.3) is 0 Å². The summed E-state index contributed by atoms with van der Waals surface area (Å²) in [4.78, 5) is 38.4. The van der Waals surface area contributed by atoms with Crippen LogP contribution in [0.5, 0.6) is 5.75 Å². The van der Waals surface area contributed by atoms with Gasteiger partial charge in [0.15, 0.2) is 0 Å². The summed E-state index contributed by atoms with van der Waals surface area (Å²) in [5.74, 6) is -2.63. The van der Waals surface area contributed by atoms with E-state index < -0.39 is 35.9 Å². The molecule has 1 saturated heterocycles. The molecule has 3 amide bonds. The molecular formula is C18H17F3N2O4. The van der Waals surface area contributed by atoms with Gasteiger partial charge in [-0.15, -0.1) is 13.2 Å². The van der Waals surface area contributed by atoms with Crippen molar-refractivity contribution in [1.82, 2.24) is 4.90 Å². The topological polar surface area (TPSA) is 75.7 Å². The van der Waals surface area contributed by atoms with E-state index in [1.165, 1.54) is 19.1 Å². The Bertz CT molecular complexity index is 763. The third-order valence-corrected chi connectivity index (χ3v) is 4.66. The average molecular weight is 382 g/mol. The van der Waals surface area contributed by atoms with Crippen LogP contribution in [-0.2, 0) is 14.4 Å². The van der Waals surface area contributed by atoms with Crippen LogP contribution in [0, 0.1) is 11.8 Å². The van der Waals surface area contributed by atoms with Crippen LogP contribution in [0.15, 0.2) is 36.4 Å². The molecule has 1 heterocycles. The molecule has 1 aromatic rings. The molecule has 6 nitrogen and oxygen atoms in total. The Morgan fingerprint density at radius 2 is 1.63 bits per heavy atom. The fourth-order valence-corrected chi connectivity index (χ4v) is 3.31. The molecule has 0 bridgehead atoms. The van der Waals surface area contributed by atoms with Gasteiger partial charge in [0, 0.05) is 5.69 Å². The van der Waals surface area contributed by atoms with Gasteiger partial charge in [-0.3, -0.25) is 19.3 Å². The first-order valence-electron chi connectivity index (χ1n) is 8.36. The number of likely N-dealkylation sites (tertiary alicyclic amines) is 1. The molecule has 1 aromatic carbocycles. The molecule has 0 saturated carbocycles. The van der Waals surface area contributed by atoms with E-state index in [-0.39, 0.29) is 17.5 Å². The van der Waals surface area contributed by atoms with E-state index >= 15 is 0 Å². The number of fused-ring (bicyclic) bond motifs is 1. The van der Waals surface area contributed by atoms with Gasteiger partial charge >= 0.3 is 6.36 Å². The first-order chi connectivity index (χ1) is 12.7. The summed E-state index contributed by atoms with van der Waals surface area (Å²) in [6.45, 7) is 1.44. The van der Waals surface area contributed by atoms with Gasteiger partial charge < -0.3 is 10.1 Å². The Morgan fingerprint density at radius 3 is 2.11 bits per heavy atom. The van der Waals surface area contributed by atoms with Gasteiger partial charge in [0.05, 0.1) is 11.8 Å². The Morgan fingerprint density at radius 1 is 1.11 bits per heavy atom. The maximum Gasteiger partial charge on any atom is 0.573 e. The average Bonchev–Trinajstić information content (AvgIpc) is 2.86. The number of hydrogen-bond acceptors (Lipinski definition) is 4. The number of anilines is 1. The number of rotatable bonds is 4. The summed E-state index contributed by atoms with van der Waals surface area (Å²) in [7, 11) is 0. The lowest BCUT2D eigenvalue weighted by atomic mass is 9.85. The fraction of sp³-hybridized carbons (Fsp3) is 0.389. The minimum atomic E-state index is -4.80. The maximum absolute atomic E-state index is 12.5. The van der Waals surface area contributed by atoms with Gasteiger partial charge in [0.1, 0.15) is 11.8 Å². The summed E-state index contributed by atoms with van der Waals surface area (Å²) in [6, 6.07) is 3.56. The number of amides is 3. The minimum absolute atomic E-state index is 0.222. The number of allylic oxidation sites excluding steroid dienone is 2. The molecule has 1 N–H and O–H groups in total. The molecule has 9 heteroatoms. The smallest absolute Gasteiger partial charge is 0.406 e. The first-order valence-corrected chi connectivity index (χ1v) is 8.36. The number of ether oxygens (including phenoxy) is 1. The predicted molar refractivity (Wildman–Crippen MR) is 88.4 cm³/mol. The lowest BCUT2D eigenvalue weighted by Gasteiger charge is -2.22. The summed E-state index contributed by atoms with van der Waals surface area (Å²) in [5.41, 5.74) is 0.222. The third kappa shape index (κ3) is 3.96. The Balaban J connectivity index is 1.66. The highest BCUT2D eigenvalue weighted by molar-refractivity contribution is 6.10. The molecule has 2 aliphatic rings. The highest BCUT2D eigenvalue weighted by Gasteiger charge is 2.50. The molecule has 1 aliphatic carbocycles. The van der Waals surface area contributed by atoms with Gasteiger partial charge in [0.2, 0.25) is 17.7 Å². The van der Waals surface area contributed by atoms with Crippen LogP contribution in [0.2, 0.25) is 0 Å². The molecule has 3 rings (SSSR count). The zero-order valence-electron chi connectivity index (χ0n) is 14.3. The molecule has 1 aliphatic heterocycles. The van der Waals surface area contributed by atoms with E-state index in [1.807, 2.05) is 12.2 Å². The van der Waals surface area contributed by atoms with Crippen LogP contribution >= 0.6 is 0 Å².